The minimum absolute atomic E-state index is 0.120. The fourth-order valence-corrected chi connectivity index (χ4v) is 7.42. The lowest BCUT2D eigenvalue weighted by molar-refractivity contribution is -0.140. The highest BCUT2D eigenvalue weighted by Crippen LogP contribution is 2.62. The lowest BCUT2D eigenvalue weighted by Gasteiger charge is -2.56. The Hall–Kier alpha value is -1.56. The summed E-state index contributed by atoms with van der Waals surface area (Å²) >= 11 is 0. The maximum absolute atomic E-state index is 13.3. The van der Waals surface area contributed by atoms with Gasteiger partial charge in [0, 0.05) is 22.7 Å². The fourth-order valence-electron chi connectivity index (χ4n) is 7.42. The van der Waals surface area contributed by atoms with Crippen molar-refractivity contribution >= 4 is 5.78 Å². The fraction of sp³-hybridized carbons (Fsp3) is 0.704. The Morgan fingerprint density at radius 2 is 1.91 bits per heavy atom. The third kappa shape index (κ3) is 3.08. The molecule has 1 fully saturated rings. The molecule has 4 aliphatic carbocycles. The van der Waals surface area contributed by atoms with Crippen LogP contribution in [0.5, 0.6) is 0 Å². The second kappa shape index (κ2) is 6.97. The summed E-state index contributed by atoms with van der Waals surface area (Å²) in [5.74, 6) is 0.0169. The van der Waals surface area contributed by atoms with Gasteiger partial charge in [0.05, 0.1) is 17.8 Å². The zero-order valence-electron chi connectivity index (χ0n) is 20.0. The summed E-state index contributed by atoms with van der Waals surface area (Å²) in [4.78, 5) is 18.5. The van der Waals surface area contributed by atoms with E-state index < -0.39 is 17.8 Å². The number of ketones is 1. The van der Waals surface area contributed by atoms with Gasteiger partial charge in [0.1, 0.15) is 0 Å². The number of aliphatic hydroxyl groups excluding tert-OH is 2. The second-order valence-corrected chi connectivity index (χ2v) is 12.0. The topological polar surface area (TPSA) is 90.7 Å². The first-order valence-electron chi connectivity index (χ1n) is 12.2. The SMILES string of the molecule is Cc1c(CCC(C)(C)O)nc2c3c1CCC3(C)C1=CC(=O)C3CC(O)C(O)CC3(C)C1C2. The van der Waals surface area contributed by atoms with Gasteiger partial charge in [-0.3, -0.25) is 9.78 Å². The molecule has 0 radical (unpaired) electrons. The Morgan fingerprint density at radius 1 is 1.19 bits per heavy atom. The molecule has 0 aromatic carbocycles. The minimum atomic E-state index is -0.828. The number of nitrogens with zero attached hydrogens (tertiary/aromatic N) is 1. The zero-order chi connectivity index (χ0) is 23.2. The Labute approximate surface area is 191 Å². The van der Waals surface area contributed by atoms with E-state index in [9.17, 15) is 20.1 Å². The molecule has 5 rings (SSSR count). The molecule has 32 heavy (non-hydrogen) atoms. The second-order valence-electron chi connectivity index (χ2n) is 12.0. The number of aromatic nitrogens is 1. The molecule has 4 aliphatic rings. The van der Waals surface area contributed by atoms with Gasteiger partial charge in [0.25, 0.3) is 0 Å². The summed E-state index contributed by atoms with van der Waals surface area (Å²) < 4.78 is 0. The van der Waals surface area contributed by atoms with Crippen LogP contribution in [0, 0.1) is 24.2 Å². The molecule has 6 atom stereocenters. The lowest BCUT2D eigenvalue weighted by atomic mass is 9.48. The van der Waals surface area contributed by atoms with Crippen molar-refractivity contribution in [2.24, 2.45) is 17.3 Å². The van der Waals surface area contributed by atoms with Gasteiger partial charge in [0.15, 0.2) is 5.78 Å². The van der Waals surface area contributed by atoms with Crippen LogP contribution < -0.4 is 0 Å². The van der Waals surface area contributed by atoms with Crippen molar-refractivity contribution in [3.05, 3.63) is 39.7 Å². The van der Waals surface area contributed by atoms with Gasteiger partial charge in [-0.2, -0.15) is 0 Å². The molecule has 0 saturated heterocycles. The third-order valence-electron chi connectivity index (χ3n) is 9.36. The van der Waals surface area contributed by atoms with Gasteiger partial charge >= 0.3 is 0 Å². The van der Waals surface area contributed by atoms with Crippen molar-refractivity contribution in [1.82, 2.24) is 4.98 Å². The summed E-state index contributed by atoms with van der Waals surface area (Å²) in [6, 6.07) is 0. The number of pyridine rings is 1. The first-order valence-corrected chi connectivity index (χ1v) is 12.2. The monoisotopic (exact) mass is 439 g/mol. The highest BCUT2D eigenvalue weighted by molar-refractivity contribution is 5.95. The third-order valence-corrected chi connectivity index (χ3v) is 9.36. The molecule has 6 unspecified atom stereocenters. The summed E-state index contributed by atoms with van der Waals surface area (Å²) in [5, 5.41) is 31.1. The number of fused-ring (bicyclic) bond motifs is 4. The van der Waals surface area contributed by atoms with E-state index in [-0.39, 0.29) is 28.4 Å². The van der Waals surface area contributed by atoms with E-state index in [1.807, 2.05) is 19.9 Å². The molecule has 5 nitrogen and oxygen atoms in total. The van der Waals surface area contributed by atoms with Gasteiger partial charge < -0.3 is 15.3 Å². The molecule has 1 saturated carbocycles. The highest BCUT2D eigenvalue weighted by atomic mass is 16.3. The molecular formula is C27H37NO4. The normalized spacial score (nSPS) is 38.1. The zero-order valence-corrected chi connectivity index (χ0v) is 20.0. The van der Waals surface area contributed by atoms with Gasteiger partial charge in [-0.05, 0) is 99.8 Å². The van der Waals surface area contributed by atoms with E-state index >= 15 is 0 Å². The molecule has 0 spiro atoms. The number of hydrogen-bond acceptors (Lipinski definition) is 5. The molecule has 0 amide bonds. The average molecular weight is 440 g/mol. The summed E-state index contributed by atoms with van der Waals surface area (Å²) in [5.41, 5.74) is 6.14. The molecule has 1 aromatic heterocycles. The maximum atomic E-state index is 13.3. The maximum Gasteiger partial charge on any atom is 0.159 e. The predicted molar refractivity (Wildman–Crippen MR) is 122 cm³/mol. The summed E-state index contributed by atoms with van der Waals surface area (Å²) in [6.07, 6.45) is 5.24. The van der Waals surface area contributed by atoms with Crippen LogP contribution >= 0.6 is 0 Å². The number of rotatable bonds is 3. The van der Waals surface area contributed by atoms with Gasteiger partial charge in [-0.15, -0.1) is 0 Å². The molecule has 3 N–H and O–H groups in total. The van der Waals surface area contributed by atoms with Crippen molar-refractivity contribution in [2.45, 2.75) is 103 Å². The van der Waals surface area contributed by atoms with Crippen molar-refractivity contribution in [3.63, 3.8) is 0 Å². The minimum Gasteiger partial charge on any atom is -0.390 e. The van der Waals surface area contributed by atoms with Crippen molar-refractivity contribution < 1.29 is 20.1 Å². The predicted octanol–water partition coefficient (Wildman–Crippen LogP) is 3.12. The number of aryl methyl sites for hydroxylation is 1. The smallest absolute Gasteiger partial charge is 0.159 e. The highest BCUT2D eigenvalue weighted by Gasteiger charge is 2.59. The van der Waals surface area contributed by atoms with Crippen LogP contribution in [0.2, 0.25) is 0 Å². The van der Waals surface area contributed by atoms with E-state index in [0.717, 1.165) is 37.1 Å². The van der Waals surface area contributed by atoms with E-state index in [4.69, 9.17) is 4.98 Å². The quantitative estimate of drug-likeness (QED) is 0.673. The van der Waals surface area contributed by atoms with Crippen LogP contribution in [-0.4, -0.2) is 43.9 Å². The van der Waals surface area contributed by atoms with Crippen LogP contribution in [0.25, 0.3) is 0 Å². The number of carbonyl (C=O) groups is 1. The molecular weight excluding hydrogens is 402 g/mol. The van der Waals surface area contributed by atoms with Crippen molar-refractivity contribution in [1.29, 1.82) is 0 Å². The Kier molecular flexibility index (Phi) is 4.85. The molecule has 1 aromatic rings. The molecule has 174 valence electrons. The van der Waals surface area contributed by atoms with Crippen LogP contribution in [0.3, 0.4) is 0 Å². The number of aliphatic hydroxyl groups is 3. The van der Waals surface area contributed by atoms with Crippen LogP contribution in [0.1, 0.15) is 81.5 Å². The van der Waals surface area contributed by atoms with Crippen LogP contribution in [0.4, 0.5) is 0 Å². The lowest BCUT2D eigenvalue weighted by Crippen LogP contribution is -2.56. The van der Waals surface area contributed by atoms with Crippen molar-refractivity contribution in [3.8, 4) is 0 Å². The standard InChI is InChI=1S/C27H37NO4/c1-14-15-6-9-26(4)17-11-21(29)18-12-22(30)23(31)13-27(18,5)16(17)10-20(24(15)26)28-19(14)7-8-25(2,3)32/h11,16,18,22-23,30-32H,6-10,12-13H2,1-5H3. The summed E-state index contributed by atoms with van der Waals surface area (Å²) in [7, 11) is 0. The number of carbonyl (C=O) groups excluding carboxylic acids is 1. The van der Waals surface area contributed by atoms with E-state index in [1.165, 1.54) is 22.3 Å². The number of hydrogen-bond donors (Lipinski definition) is 3. The molecule has 0 aliphatic heterocycles. The number of allylic oxidation sites excluding steroid dienone is 2. The van der Waals surface area contributed by atoms with E-state index in [0.29, 0.717) is 19.3 Å². The Morgan fingerprint density at radius 3 is 2.59 bits per heavy atom. The molecule has 5 heteroatoms. The first-order chi connectivity index (χ1) is 14.8. The largest absolute Gasteiger partial charge is 0.390 e. The first kappa shape index (κ1) is 22.2. The van der Waals surface area contributed by atoms with Crippen LogP contribution in [-0.2, 0) is 29.5 Å². The van der Waals surface area contributed by atoms with Gasteiger partial charge in [-0.1, -0.05) is 19.4 Å². The van der Waals surface area contributed by atoms with Crippen molar-refractivity contribution in [2.75, 3.05) is 0 Å². The Balaban J connectivity index is 1.63. The van der Waals surface area contributed by atoms with Gasteiger partial charge in [0.2, 0.25) is 0 Å². The van der Waals surface area contributed by atoms with E-state index in [2.05, 4.69) is 20.8 Å². The van der Waals surface area contributed by atoms with Gasteiger partial charge in [-0.25, -0.2) is 0 Å². The molecule has 1 heterocycles. The molecule has 0 bridgehead atoms. The average Bonchev–Trinajstić information content (AvgIpc) is 3.06. The Bertz CT molecular complexity index is 1020. The van der Waals surface area contributed by atoms with Crippen LogP contribution in [0.15, 0.2) is 11.6 Å². The summed E-state index contributed by atoms with van der Waals surface area (Å²) in [6.45, 7) is 10.3. The van der Waals surface area contributed by atoms with E-state index in [1.54, 1.807) is 0 Å².